The van der Waals surface area contributed by atoms with Crippen molar-refractivity contribution in [3.05, 3.63) is 0 Å². The first-order valence-corrected chi connectivity index (χ1v) is 5.28. The van der Waals surface area contributed by atoms with Crippen molar-refractivity contribution in [3.63, 3.8) is 0 Å². The van der Waals surface area contributed by atoms with Crippen LogP contribution in [0.3, 0.4) is 0 Å². The molecule has 6 nitrogen and oxygen atoms in total. The summed E-state index contributed by atoms with van der Waals surface area (Å²) in [6, 6.07) is 0. The van der Waals surface area contributed by atoms with E-state index in [0.29, 0.717) is 5.75 Å². The second kappa shape index (κ2) is 6.00. The molecule has 1 rings (SSSR count). The minimum Gasteiger partial charge on any atom is -0.394 e. The first-order chi connectivity index (χ1) is 7.11. The van der Waals surface area contributed by atoms with Gasteiger partial charge in [0.1, 0.15) is 24.4 Å². The van der Waals surface area contributed by atoms with Crippen LogP contribution in [0, 0.1) is 0 Å². The van der Waals surface area contributed by atoms with E-state index in [1.165, 1.54) is 0 Å². The summed E-state index contributed by atoms with van der Waals surface area (Å²) in [5, 5.41) is 37.2. The number of rotatable bonds is 4. The Kier molecular flexibility index (Phi) is 5.27. The molecule has 1 fully saturated rings. The van der Waals surface area contributed by atoms with Gasteiger partial charge in [-0.1, -0.05) is 0 Å². The summed E-state index contributed by atoms with van der Waals surface area (Å²) in [7, 11) is 0. The maximum Gasteiger partial charge on any atom is 0.186 e. The Morgan fingerprint density at radius 1 is 1.13 bits per heavy atom. The fourth-order valence-electron chi connectivity index (χ4n) is 1.37. The van der Waals surface area contributed by atoms with Crippen molar-refractivity contribution in [2.75, 3.05) is 19.0 Å². The molecule has 1 aliphatic heterocycles. The molecule has 0 radical (unpaired) electrons. The lowest BCUT2D eigenvalue weighted by molar-refractivity contribution is -0.299. The second-order valence-electron chi connectivity index (χ2n) is 3.29. The van der Waals surface area contributed by atoms with E-state index in [4.69, 9.17) is 14.6 Å². The minimum absolute atomic E-state index is 0.242. The van der Waals surface area contributed by atoms with Gasteiger partial charge in [-0.15, -0.1) is 0 Å². The minimum atomic E-state index is -1.39. The molecule has 7 heteroatoms. The number of aliphatic hydroxyl groups excluding tert-OH is 4. The molecule has 0 aromatic carbocycles. The quantitative estimate of drug-likeness (QED) is 0.355. The summed E-state index contributed by atoms with van der Waals surface area (Å²) in [5.41, 5.74) is 0. The van der Waals surface area contributed by atoms with Crippen molar-refractivity contribution in [2.24, 2.45) is 0 Å². The first kappa shape index (κ1) is 13.2. The predicted octanol–water partition coefficient (Wildman–Crippen LogP) is -2.27. The van der Waals surface area contributed by atoms with E-state index in [1.54, 1.807) is 0 Å². The van der Waals surface area contributed by atoms with E-state index in [9.17, 15) is 15.3 Å². The van der Waals surface area contributed by atoms with Crippen LogP contribution < -0.4 is 0 Å². The predicted molar refractivity (Wildman–Crippen MR) is 53.6 cm³/mol. The van der Waals surface area contributed by atoms with E-state index in [2.05, 4.69) is 12.6 Å². The highest BCUT2D eigenvalue weighted by molar-refractivity contribution is 7.80. The van der Waals surface area contributed by atoms with Crippen molar-refractivity contribution in [3.8, 4) is 0 Å². The second-order valence-corrected chi connectivity index (χ2v) is 3.74. The number of thiol groups is 1. The molecule has 0 aliphatic carbocycles. The van der Waals surface area contributed by atoms with Gasteiger partial charge in [0, 0.05) is 5.75 Å². The average Bonchev–Trinajstić information content (AvgIpc) is 2.25. The van der Waals surface area contributed by atoms with Crippen LogP contribution in [0.25, 0.3) is 0 Å². The van der Waals surface area contributed by atoms with Gasteiger partial charge in [-0.05, 0) is 0 Å². The van der Waals surface area contributed by atoms with Gasteiger partial charge >= 0.3 is 0 Å². The maximum absolute atomic E-state index is 9.48. The highest BCUT2D eigenvalue weighted by atomic mass is 32.1. The molecule has 0 saturated carbocycles. The highest BCUT2D eigenvalue weighted by Gasteiger charge is 2.43. The fourth-order valence-corrected chi connectivity index (χ4v) is 1.48. The largest absolute Gasteiger partial charge is 0.394 e. The SMILES string of the molecule is OCC1OC(OCCS)C(O)C(O)[C@H]1O. The lowest BCUT2D eigenvalue weighted by Gasteiger charge is -2.39. The highest BCUT2D eigenvalue weighted by Crippen LogP contribution is 2.21. The smallest absolute Gasteiger partial charge is 0.186 e. The van der Waals surface area contributed by atoms with Crippen LogP contribution in [0.4, 0.5) is 0 Å². The van der Waals surface area contributed by atoms with E-state index < -0.39 is 37.3 Å². The fraction of sp³-hybridized carbons (Fsp3) is 1.00. The molecule has 4 N–H and O–H groups in total. The van der Waals surface area contributed by atoms with Gasteiger partial charge in [0.25, 0.3) is 0 Å². The lowest BCUT2D eigenvalue weighted by Crippen LogP contribution is -2.59. The maximum atomic E-state index is 9.48. The molecule has 0 bridgehead atoms. The van der Waals surface area contributed by atoms with E-state index in [-0.39, 0.29) is 6.61 Å². The number of aliphatic hydroxyl groups is 4. The molecule has 5 atom stereocenters. The molecular formula is C8H16O6S. The van der Waals surface area contributed by atoms with Crippen LogP contribution >= 0.6 is 12.6 Å². The molecule has 90 valence electrons. The van der Waals surface area contributed by atoms with Crippen molar-refractivity contribution < 1.29 is 29.9 Å². The van der Waals surface area contributed by atoms with Crippen LogP contribution in [-0.2, 0) is 9.47 Å². The summed E-state index contributed by atoms with van der Waals surface area (Å²) in [5.74, 6) is 0.440. The van der Waals surface area contributed by atoms with E-state index >= 15 is 0 Å². The molecule has 15 heavy (non-hydrogen) atoms. The molecule has 1 heterocycles. The summed E-state index contributed by atoms with van der Waals surface area (Å²) in [6.07, 6.45) is -6.04. The zero-order valence-electron chi connectivity index (χ0n) is 8.06. The molecule has 0 amide bonds. The Morgan fingerprint density at radius 3 is 2.33 bits per heavy atom. The van der Waals surface area contributed by atoms with Gasteiger partial charge in [0.05, 0.1) is 13.2 Å². The zero-order valence-corrected chi connectivity index (χ0v) is 8.96. The molecule has 0 aromatic rings. The van der Waals surface area contributed by atoms with Crippen LogP contribution in [-0.4, -0.2) is 70.1 Å². The number of hydrogen-bond donors (Lipinski definition) is 5. The molecule has 1 saturated heterocycles. The Labute approximate surface area is 92.8 Å². The average molecular weight is 240 g/mol. The summed E-state index contributed by atoms with van der Waals surface area (Å²) in [6.45, 7) is -0.211. The van der Waals surface area contributed by atoms with Crippen molar-refractivity contribution in [1.82, 2.24) is 0 Å². The van der Waals surface area contributed by atoms with E-state index in [0.717, 1.165) is 0 Å². The molecular weight excluding hydrogens is 224 g/mol. The Morgan fingerprint density at radius 2 is 1.80 bits per heavy atom. The van der Waals surface area contributed by atoms with Crippen LogP contribution in [0.5, 0.6) is 0 Å². The third-order valence-electron chi connectivity index (χ3n) is 2.22. The van der Waals surface area contributed by atoms with Gasteiger partial charge < -0.3 is 29.9 Å². The van der Waals surface area contributed by atoms with E-state index in [1.807, 2.05) is 0 Å². The van der Waals surface area contributed by atoms with Crippen molar-refractivity contribution >= 4 is 12.6 Å². The molecule has 0 aromatic heterocycles. The molecule has 1 aliphatic rings. The summed E-state index contributed by atoms with van der Waals surface area (Å²) < 4.78 is 10.1. The van der Waals surface area contributed by atoms with Gasteiger partial charge in [0.2, 0.25) is 0 Å². The van der Waals surface area contributed by atoms with Crippen LogP contribution in [0.1, 0.15) is 0 Å². The summed E-state index contributed by atoms with van der Waals surface area (Å²) >= 11 is 3.91. The molecule has 4 unspecified atom stereocenters. The standard InChI is InChI=1S/C8H16O6S/c9-3-4-5(10)6(11)7(12)8(14-4)13-1-2-15/h4-12,15H,1-3H2/t4?,5-,6?,7?,8?/m0/s1. The van der Waals surface area contributed by atoms with Gasteiger partial charge in [0.15, 0.2) is 6.29 Å². The van der Waals surface area contributed by atoms with Gasteiger partial charge in [-0.3, -0.25) is 0 Å². The Bertz CT molecular complexity index is 190. The molecule has 0 spiro atoms. The zero-order chi connectivity index (χ0) is 11.4. The topological polar surface area (TPSA) is 99.4 Å². The van der Waals surface area contributed by atoms with Crippen molar-refractivity contribution in [1.29, 1.82) is 0 Å². The Hall–Kier alpha value is 0.110. The first-order valence-electron chi connectivity index (χ1n) is 4.64. The Balaban J connectivity index is 2.57. The van der Waals surface area contributed by atoms with Gasteiger partial charge in [-0.25, -0.2) is 0 Å². The summed E-state index contributed by atoms with van der Waals surface area (Å²) in [4.78, 5) is 0. The lowest BCUT2D eigenvalue weighted by atomic mass is 9.99. The van der Waals surface area contributed by atoms with Crippen LogP contribution in [0.15, 0.2) is 0 Å². The van der Waals surface area contributed by atoms with Crippen LogP contribution in [0.2, 0.25) is 0 Å². The number of ether oxygens (including phenoxy) is 2. The third-order valence-corrected chi connectivity index (χ3v) is 2.40. The number of hydrogen-bond acceptors (Lipinski definition) is 7. The third kappa shape index (κ3) is 3.04. The monoisotopic (exact) mass is 240 g/mol. The normalized spacial score (nSPS) is 41.8. The van der Waals surface area contributed by atoms with Gasteiger partial charge in [-0.2, -0.15) is 12.6 Å². The van der Waals surface area contributed by atoms with Crippen molar-refractivity contribution in [2.45, 2.75) is 30.7 Å².